The average Bonchev–Trinajstić information content (AvgIpc) is 2.70. The standard InChI is InChI=1S/C23H31O4Si/c1-6-20(24)22(26)21(25)17(2)27-28(23(3,4)5,18-13-9-7-10-14-18)19-15-11-8-12-16-19/h1,6-17,20-22,24-26H,2-5H3/q+1/t17-,20-,21-,22-/m1/s1. The molecule has 0 unspecified atom stereocenters. The second-order valence-corrected chi connectivity index (χ2v) is 12.4. The molecule has 0 aromatic heterocycles. The molecule has 2 aromatic rings. The number of rotatable bonds is 8. The minimum Gasteiger partial charge on any atom is -0.402 e. The van der Waals surface area contributed by atoms with Gasteiger partial charge in [0.1, 0.15) is 18.3 Å². The smallest absolute Gasteiger partial charge is 0.261 e. The van der Waals surface area contributed by atoms with Gasteiger partial charge < -0.3 is 19.7 Å². The van der Waals surface area contributed by atoms with Gasteiger partial charge in [-0.25, -0.2) is 0 Å². The SMILES string of the molecule is [CH+]=C[C@@H](O)[C@@H](O)[C@H](O)[C@@H](C)O[Si](c1ccccc1)(c1ccccc1)C(C)(C)C. The molecule has 0 aliphatic carbocycles. The van der Waals surface area contributed by atoms with Gasteiger partial charge >= 0.3 is 0 Å². The van der Waals surface area contributed by atoms with E-state index in [0.717, 1.165) is 16.4 Å². The maximum atomic E-state index is 10.6. The van der Waals surface area contributed by atoms with E-state index in [1.165, 1.54) is 0 Å². The predicted octanol–water partition coefficient (Wildman–Crippen LogP) is 2.02. The van der Waals surface area contributed by atoms with Gasteiger partial charge in [-0.2, -0.15) is 0 Å². The third-order valence-corrected chi connectivity index (χ3v) is 10.3. The highest BCUT2D eigenvalue weighted by atomic mass is 28.4. The topological polar surface area (TPSA) is 69.9 Å². The van der Waals surface area contributed by atoms with Crippen molar-refractivity contribution in [3.05, 3.63) is 73.3 Å². The number of aliphatic hydroxyl groups excluding tert-OH is 3. The first kappa shape index (κ1) is 22.4. The van der Waals surface area contributed by atoms with Crippen LogP contribution in [0.25, 0.3) is 0 Å². The molecule has 0 saturated carbocycles. The Morgan fingerprint density at radius 2 is 1.29 bits per heavy atom. The van der Waals surface area contributed by atoms with Gasteiger partial charge in [-0.05, 0) is 22.3 Å². The van der Waals surface area contributed by atoms with Crippen LogP contribution in [0.4, 0.5) is 0 Å². The van der Waals surface area contributed by atoms with Crippen LogP contribution in [0.2, 0.25) is 5.04 Å². The maximum absolute atomic E-state index is 10.6. The molecule has 28 heavy (non-hydrogen) atoms. The Hall–Kier alpha value is -1.85. The molecule has 4 nitrogen and oxygen atoms in total. The molecule has 4 atom stereocenters. The molecule has 0 radical (unpaired) electrons. The summed E-state index contributed by atoms with van der Waals surface area (Å²) in [5.74, 6) is 0. The fourth-order valence-electron chi connectivity index (χ4n) is 3.63. The number of aliphatic hydroxyl groups is 3. The van der Waals surface area contributed by atoms with E-state index in [1.54, 1.807) is 6.92 Å². The Kier molecular flexibility index (Phi) is 7.29. The molecule has 0 bridgehead atoms. The van der Waals surface area contributed by atoms with Crippen LogP contribution in [-0.4, -0.2) is 48.1 Å². The van der Waals surface area contributed by atoms with Crippen molar-refractivity contribution in [3.63, 3.8) is 0 Å². The number of hydrogen-bond acceptors (Lipinski definition) is 4. The Labute approximate surface area is 169 Å². The minimum atomic E-state index is -2.86. The zero-order valence-electron chi connectivity index (χ0n) is 17.0. The summed E-state index contributed by atoms with van der Waals surface area (Å²) < 4.78 is 6.72. The molecule has 150 valence electrons. The summed E-state index contributed by atoms with van der Waals surface area (Å²) in [7, 11) is -2.86. The van der Waals surface area contributed by atoms with Crippen LogP contribution in [0.5, 0.6) is 0 Å². The van der Waals surface area contributed by atoms with E-state index >= 15 is 0 Å². The van der Waals surface area contributed by atoms with E-state index in [2.05, 4.69) is 45.0 Å². The van der Waals surface area contributed by atoms with Gasteiger partial charge in [0.15, 0.2) is 6.08 Å². The van der Waals surface area contributed by atoms with Crippen LogP contribution in [-0.2, 0) is 4.43 Å². The molecule has 0 heterocycles. The molecule has 0 amide bonds. The van der Waals surface area contributed by atoms with Crippen molar-refractivity contribution in [1.82, 2.24) is 0 Å². The fraction of sp³-hybridized carbons (Fsp3) is 0.391. The summed E-state index contributed by atoms with van der Waals surface area (Å²) in [6.07, 6.45) is -3.82. The van der Waals surface area contributed by atoms with Crippen molar-refractivity contribution in [1.29, 1.82) is 0 Å². The first-order valence-electron chi connectivity index (χ1n) is 9.53. The Morgan fingerprint density at radius 1 is 0.857 bits per heavy atom. The first-order valence-corrected chi connectivity index (χ1v) is 11.4. The molecule has 2 rings (SSSR count). The van der Waals surface area contributed by atoms with Gasteiger partial charge in [-0.1, -0.05) is 81.4 Å². The second-order valence-electron chi connectivity index (χ2n) is 8.15. The third kappa shape index (κ3) is 4.41. The lowest BCUT2D eigenvalue weighted by atomic mass is 10.0. The summed E-state index contributed by atoms with van der Waals surface area (Å²) in [4.78, 5) is 0. The van der Waals surface area contributed by atoms with Crippen molar-refractivity contribution < 1.29 is 19.7 Å². The minimum absolute atomic E-state index is 0.257. The number of benzene rings is 2. The van der Waals surface area contributed by atoms with Gasteiger partial charge in [-0.3, -0.25) is 0 Å². The van der Waals surface area contributed by atoms with Gasteiger partial charge in [0, 0.05) is 0 Å². The molecule has 0 saturated heterocycles. The van der Waals surface area contributed by atoms with Crippen LogP contribution in [0.1, 0.15) is 27.7 Å². The fourth-order valence-corrected chi connectivity index (χ4v) is 8.35. The molecule has 0 fully saturated rings. The second kappa shape index (κ2) is 9.10. The van der Waals surface area contributed by atoms with Gasteiger partial charge in [0.2, 0.25) is 6.58 Å². The highest BCUT2D eigenvalue weighted by molar-refractivity contribution is 6.99. The van der Waals surface area contributed by atoms with Crippen LogP contribution in [0, 0.1) is 6.58 Å². The van der Waals surface area contributed by atoms with Gasteiger partial charge in [-0.15, -0.1) is 0 Å². The largest absolute Gasteiger partial charge is 0.402 e. The van der Waals surface area contributed by atoms with Crippen LogP contribution in [0.15, 0.2) is 66.7 Å². The molecule has 5 heteroatoms. The van der Waals surface area contributed by atoms with Crippen LogP contribution in [0.3, 0.4) is 0 Å². The Bertz CT molecular complexity index is 703. The quantitative estimate of drug-likeness (QED) is 0.469. The molecule has 0 spiro atoms. The summed E-state index contributed by atoms with van der Waals surface area (Å²) >= 11 is 0. The lowest BCUT2D eigenvalue weighted by Gasteiger charge is -2.45. The van der Waals surface area contributed by atoms with E-state index in [4.69, 9.17) is 11.0 Å². The first-order chi connectivity index (χ1) is 13.1. The normalized spacial score (nSPS) is 16.8. The molecular formula is C23H31O4Si+. The average molecular weight is 400 g/mol. The zero-order valence-corrected chi connectivity index (χ0v) is 18.0. The molecule has 0 aliphatic heterocycles. The summed E-state index contributed by atoms with van der Waals surface area (Å²) in [6, 6.07) is 20.1. The Balaban J connectivity index is 2.57. The number of hydrogen-bond donors (Lipinski definition) is 3. The molecule has 0 aliphatic rings. The van der Waals surface area contributed by atoms with Crippen molar-refractivity contribution in [2.75, 3.05) is 0 Å². The van der Waals surface area contributed by atoms with Crippen molar-refractivity contribution in [3.8, 4) is 0 Å². The summed E-state index contributed by atoms with van der Waals surface area (Å²) in [5.41, 5.74) is 0. The monoisotopic (exact) mass is 399 g/mol. The lowest BCUT2D eigenvalue weighted by molar-refractivity contribution is -0.0831. The third-order valence-electron chi connectivity index (χ3n) is 5.16. The van der Waals surface area contributed by atoms with Gasteiger partial charge in [0.25, 0.3) is 8.32 Å². The van der Waals surface area contributed by atoms with Crippen molar-refractivity contribution >= 4 is 18.7 Å². The highest BCUT2D eigenvalue weighted by Gasteiger charge is 2.52. The van der Waals surface area contributed by atoms with E-state index < -0.39 is 32.7 Å². The van der Waals surface area contributed by atoms with E-state index in [1.807, 2.05) is 36.4 Å². The summed E-state index contributed by atoms with van der Waals surface area (Å²) in [6.45, 7) is 13.4. The summed E-state index contributed by atoms with van der Waals surface area (Å²) in [5, 5.41) is 32.5. The lowest BCUT2D eigenvalue weighted by Crippen LogP contribution is -2.68. The highest BCUT2D eigenvalue weighted by Crippen LogP contribution is 2.38. The van der Waals surface area contributed by atoms with Crippen LogP contribution < -0.4 is 10.4 Å². The predicted molar refractivity (Wildman–Crippen MR) is 115 cm³/mol. The van der Waals surface area contributed by atoms with E-state index in [9.17, 15) is 15.3 Å². The molecule has 3 N–H and O–H groups in total. The van der Waals surface area contributed by atoms with E-state index in [0.29, 0.717) is 0 Å². The van der Waals surface area contributed by atoms with Crippen molar-refractivity contribution in [2.24, 2.45) is 0 Å². The molecule has 2 aromatic carbocycles. The van der Waals surface area contributed by atoms with Crippen molar-refractivity contribution in [2.45, 2.75) is 57.1 Å². The van der Waals surface area contributed by atoms with Crippen LogP contribution >= 0.6 is 0 Å². The Morgan fingerprint density at radius 3 is 1.64 bits per heavy atom. The zero-order chi connectivity index (χ0) is 20.9. The maximum Gasteiger partial charge on any atom is 0.261 e. The van der Waals surface area contributed by atoms with E-state index in [-0.39, 0.29) is 5.04 Å². The van der Waals surface area contributed by atoms with Gasteiger partial charge in [0.05, 0.1) is 6.10 Å². The molecular weight excluding hydrogens is 368 g/mol.